The maximum absolute atomic E-state index is 13.1. The fourth-order valence-electron chi connectivity index (χ4n) is 6.65. The standard InChI is InChI=1S/C36H44ClN7O2S/c1-36(2)23-26(24-38-36)15-17-29(27-11-4-3-5-12-27)39-30-13-8-14-33(40-30)47-43-35(45)28-16-18-31(41-34(28)37)44-21-19-32(42-44)46-22-20-25-9-6-7-10-25/h3-5,8,11-14,16,18-19,21,25-26,29,38H,6-7,9-10,15,17,20,22-24H2,1-2H3,(H,39,40)(H,43,45)/t26-,29?/m0/s1. The molecule has 1 saturated heterocycles. The number of nitrogens with zero attached hydrogens (tertiary/aromatic N) is 4. The average Bonchev–Trinajstić information content (AvgIpc) is 3.84. The van der Waals surface area contributed by atoms with Gasteiger partial charge in [0.1, 0.15) is 16.0 Å². The molecule has 0 bridgehead atoms. The summed E-state index contributed by atoms with van der Waals surface area (Å²) >= 11 is 7.61. The van der Waals surface area contributed by atoms with Crippen LogP contribution < -0.4 is 20.1 Å². The lowest BCUT2D eigenvalue weighted by atomic mass is 9.91. The van der Waals surface area contributed by atoms with E-state index in [2.05, 4.69) is 63.6 Å². The molecular formula is C36H44ClN7O2S. The summed E-state index contributed by atoms with van der Waals surface area (Å²) in [7, 11) is 0. The third-order valence-corrected chi connectivity index (χ3v) is 10.2. The lowest BCUT2D eigenvalue weighted by Gasteiger charge is -2.22. The highest BCUT2D eigenvalue weighted by Gasteiger charge is 2.30. The van der Waals surface area contributed by atoms with E-state index >= 15 is 0 Å². The van der Waals surface area contributed by atoms with Crippen molar-refractivity contribution in [1.82, 2.24) is 29.8 Å². The maximum atomic E-state index is 13.1. The monoisotopic (exact) mass is 673 g/mol. The molecule has 2 atom stereocenters. The Labute approximate surface area is 286 Å². The van der Waals surface area contributed by atoms with Gasteiger partial charge in [-0.2, -0.15) is 0 Å². The van der Waals surface area contributed by atoms with Crippen LogP contribution in [0.15, 0.2) is 78.0 Å². The molecule has 1 aliphatic heterocycles. The Morgan fingerprint density at radius 1 is 1.04 bits per heavy atom. The van der Waals surface area contributed by atoms with Crippen LogP contribution in [0.3, 0.4) is 0 Å². The van der Waals surface area contributed by atoms with Crippen molar-refractivity contribution in [3.63, 3.8) is 0 Å². The number of aromatic nitrogens is 4. The van der Waals surface area contributed by atoms with Crippen LogP contribution in [0.5, 0.6) is 5.88 Å². The number of hydrogen-bond donors (Lipinski definition) is 3. The summed E-state index contributed by atoms with van der Waals surface area (Å²) in [4.78, 5) is 22.3. The first-order valence-electron chi connectivity index (χ1n) is 16.7. The van der Waals surface area contributed by atoms with E-state index in [1.165, 1.54) is 37.7 Å². The summed E-state index contributed by atoms with van der Waals surface area (Å²) in [6, 6.07) is 21.6. The van der Waals surface area contributed by atoms with Crippen LogP contribution in [0, 0.1) is 11.8 Å². The zero-order valence-corrected chi connectivity index (χ0v) is 28.7. The minimum atomic E-state index is -0.356. The van der Waals surface area contributed by atoms with Gasteiger partial charge in [-0.05, 0) is 87.7 Å². The number of amides is 1. The second-order valence-electron chi connectivity index (χ2n) is 13.3. The smallest absolute Gasteiger partial charge is 0.264 e. The number of carbonyl (C=O) groups excluding carboxylic acids is 1. The molecule has 47 heavy (non-hydrogen) atoms. The van der Waals surface area contributed by atoms with Crippen molar-refractivity contribution in [3.8, 4) is 11.7 Å². The van der Waals surface area contributed by atoms with E-state index in [1.807, 2.05) is 30.3 Å². The van der Waals surface area contributed by atoms with Crippen molar-refractivity contribution in [3.05, 3.63) is 89.2 Å². The number of benzene rings is 1. The molecule has 1 unspecified atom stereocenters. The molecule has 1 aromatic carbocycles. The summed E-state index contributed by atoms with van der Waals surface area (Å²) in [6.07, 6.45) is 11.4. The quantitative estimate of drug-likeness (QED) is 0.0913. The van der Waals surface area contributed by atoms with Crippen molar-refractivity contribution in [2.75, 3.05) is 18.5 Å². The van der Waals surface area contributed by atoms with E-state index in [9.17, 15) is 4.79 Å². The number of halogens is 1. The van der Waals surface area contributed by atoms with E-state index < -0.39 is 0 Å². The number of rotatable bonds is 14. The zero-order chi connectivity index (χ0) is 32.6. The number of anilines is 1. The molecule has 1 aliphatic carbocycles. The largest absolute Gasteiger partial charge is 0.477 e. The number of nitrogens with one attached hydrogen (secondary N) is 3. The summed E-state index contributed by atoms with van der Waals surface area (Å²) in [6.45, 7) is 6.26. The lowest BCUT2D eigenvalue weighted by Crippen LogP contribution is -2.31. The summed E-state index contributed by atoms with van der Waals surface area (Å²) < 4.78 is 10.3. The first-order valence-corrected chi connectivity index (χ1v) is 17.9. The van der Waals surface area contributed by atoms with Gasteiger partial charge in [-0.25, -0.2) is 14.6 Å². The fourth-order valence-corrected chi connectivity index (χ4v) is 7.48. The Balaban J connectivity index is 1.03. The minimum Gasteiger partial charge on any atom is -0.477 e. The van der Waals surface area contributed by atoms with Crippen molar-refractivity contribution >= 4 is 35.3 Å². The molecule has 4 aromatic rings. The van der Waals surface area contributed by atoms with Crippen LogP contribution >= 0.6 is 23.5 Å². The Morgan fingerprint density at radius 2 is 1.87 bits per heavy atom. The van der Waals surface area contributed by atoms with Crippen molar-refractivity contribution in [2.24, 2.45) is 11.8 Å². The van der Waals surface area contributed by atoms with Crippen LogP contribution in [0.25, 0.3) is 5.82 Å². The highest BCUT2D eigenvalue weighted by molar-refractivity contribution is 7.97. The van der Waals surface area contributed by atoms with E-state index in [4.69, 9.17) is 21.3 Å². The van der Waals surface area contributed by atoms with Gasteiger partial charge in [0.25, 0.3) is 5.91 Å². The molecule has 1 amide bonds. The number of hydrogen-bond acceptors (Lipinski definition) is 8. The van der Waals surface area contributed by atoms with Gasteiger partial charge in [0, 0.05) is 29.8 Å². The van der Waals surface area contributed by atoms with Crippen molar-refractivity contribution in [2.45, 2.75) is 81.8 Å². The van der Waals surface area contributed by atoms with E-state index in [0.717, 1.165) is 49.5 Å². The maximum Gasteiger partial charge on any atom is 0.264 e. The molecule has 4 heterocycles. The fraction of sp³-hybridized carbons (Fsp3) is 0.444. The van der Waals surface area contributed by atoms with Crippen molar-refractivity contribution < 1.29 is 9.53 Å². The summed E-state index contributed by atoms with van der Waals surface area (Å²) in [5.41, 5.74) is 1.70. The number of pyridine rings is 2. The van der Waals surface area contributed by atoms with E-state index in [1.54, 1.807) is 23.0 Å². The van der Waals surface area contributed by atoms with Crippen molar-refractivity contribution in [1.29, 1.82) is 0 Å². The van der Waals surface area contributed by atoms with Gasteiger partial charge >= 0.3 is 0 Å². The Bertz CT molecular complexity index is 1630. The SMILES string of the molecule is CC1(C)C[C@H](CCC(Nc2cccc(SNC(=O)c3ccc(-n4ccc(OCCC5CCCC5)n4)nc3Cl)n2)c2ccccc2)CN1. The summed E-state index contributed by atoms with van der Waals surface area (Å²) in [5, 5.41) is 12.5. The highest BCUT2D eigenvalue weighted by Crippen LogP contribution is 2.32. The van der Waals surface area contributed by atoms with Gasteiger partial charge in [0.15, 0.2) is 5.82 Å². The van der Waals surface area contributed by atoms with Crippen LogP contribution in [0.2, 0.25) is 5.15 Å². The highest BCUT2D eigenvalue weighted by atomic mass is 35.5. The molecule has 11 heteroatoms. The Morgan fingerprint density at radius 3 is 2.64 bits per heavy atom. The molecule has 3 N–H and O–H groups in total. The normalized spacial score (nSPS) is 18.2. The minimum absolute atomic E-state index is 0.0923. The van der Waals surface area contributed by atoms with Crippen LogP contribution in [0.1, 0.15) is 87.2 Å². The molecule has 6 rings (SSSR count). The summed E-state index contributed by atoms with van der Waals surface area (Å²) in [5.74, 6) is 2.87. The lowest BCUT2D eigenvalue weighted by molar-refractivity contribution is 0.0984. The van der Waals surface area contributed by atoms with Crippen LogP contribution in [-0.2, 0) is 0 Å². The molecule has 0 radical (unpaired) electrons. The molecule has 2 aliphatic rings. The van der Waals surface area contributed by atoms with Gasteiger partial charge in [-0.1, -0.05) is 73.7 Å². The third kappa shape index (κ3) is 9.27. The first kappa shape index (κ1) is 33.3. The number of ether oxygens (including phenoxy) is 1. The predicted molar refractivity (Wildman–Crippen MR) is 188 cm³/mol. The second-order valence-corrected chi connectivity index (χ2v) is 14.5. The van der Waals surface area contributed by atoms with E-state index in [-0.39, 0.29) is 28.2 Å². The van der Waals surface area contributed by atoms with Gasteiger partial charge in [0.2, 0.25) is 5.88 Å². The molecule has 2 fully saturated rings. The van der Waals surface area contributed by atoms with Crippen LogP contribution in [0.4, 0.5) is 5.82 Å². The predicted octanol–water partition coefficient (Wildman–Crippen LogP) is 8.03. The molecule has 248 valence electrons. The van der Waals surface area contributed by atoms with E-state index in [0.29, 0.717) is 29.2 Å². The van der Waals surface area contributed by atoms with Gasteiger partial charge in [0.05, 0.1) is 18.2 Å². The molecular weight excluding hydrogens is 630 g/mol. The van der Waals surface area contributed by atoms with Gasteiger partial charge < -0.3 is 15.4 Å². The molecule has 0 spiro atoms. The molecule has 9 nitrogen and oxygen atoms in total. The number of carbonyl (C=O) groups is 1. The Kier molecular flexibility index (Phi) is 11.0. The van der Waals surface area contributed by atoms with Gasteiger partial charge in [-0.3, -0.25) is 9.52 Å². The molecule has 1 saturated carbocycles. The topological polar surface area (TPSA) is 106 Å². The van der Waals surface area contributed by atoms with Gasteiger partial charge in [-0.15, -0.1) is 5.10 Å². The third-order valence-electron chi connectivity index (χ3n) is 9.16. The Hall–Kier alpha value is -3.60. The first-order chi connectivity index (χ1) is 22.8. The van der Waals surface area contributed by atoms with Crippen LogP contribution in [-0.4, -0.2) is 44.3 Å². The average molecular weight is 674 g/mol. The zero-order valence-electron chi connectivity index (χ0n) is 27.1. The second kappa shape index (κ2) is 15.5. The molecule has 3 aromatic heterocycles.